The highest BCUT2D eigenvalue weighted by molar-refractivity contribution is 6.06. The number of hydrogen-bond donors (Lipinski definition) is 1. The predicted octanol–water partition coefficient (Wildman–Crippen LogP) is 2.06. The Labute approximate surface area is 121 Å². The average Bonchev–Trinajstić information content (AvgIpc) is 2.77. The van der Waals surface area contributed by atoms with Crippen molar-refractivity contribution >= 4 is 22.7 Å². The van der Waals surface area contributed by atoms with E-state index in [-0.39, 0.29) is 18.0 Å². The van der Waals surface area contributed by atoms with Gasteiger partial charge in [0.2, 0.25) is 0 Å². The van der Waals surface area contributed by atoms with E-state index < -0.39 is 5.97 Å². The van der Waals surface area contributed by atoms with Gasteiger partial charge in [-0.2, -0.15) is 5.10 Å². The molecule has 0 aliphatic heterocycles. The van der Waals surface area contributed by atoms with Crippen LogP contribution in [-0.2, 0) is 17.8 Å². The molecule has 0 saturated carbocycles. The first-order valence-electron chi connectivity index (χ1n) is 6.39. The third-order valence-corrected chi connectivity index (χ3v) is 3.11. The monoisotopic (exact) mass is 288 g/mol. The van der Waals surface area contributed by atoms with E-state index in [0.29, 0.717) is 23.1 Å². The molecule has 1 N–H and O–H groups in total. The van der Waals surface area contributed by atoms with Gasteiger partial charge in [-0.15, -0.1) is 6.58 Å². The second-order valence-corrected chi connectivity index (χ2v) is 4.63. The number of carbonyl (C=O) groups is 2. The van der Waals surface area contributed by atoms with Crippen molar-refractivity contribution in [2.45, 2.75) is 19.9 Å². The second-order valence-electron chi connectivity index (χ2n) is 4.63. The number of ether oxygens (including phenoxy) is 1. The van der Waals surface area contributed by atoms with E-state index in [1.165, 1.54) is 18.7 Å². The third kappa shape index (κ3) is 2.79. The Morgan fingerprint density at radius 3 is 2.71 bits per heavy atom. The molecular weight excluding hydrogens is 272 g/mol. The number of methoxy groups -OCH3 is 1. The number of benzene rings is 1. The van der Waals surface area contributed by atoms with Crippen molar-refractivity contribution in [3.8, 4) is 5.75 Å². The van der Waals surface area contributed by atoms with Gasteiger partial charge in [-0.1, -0.05) is 6.08 Å². The highest BCUT2D eigenvalue weighted by atomic mass is 16.5. The highest BCUT2D eigenvalue weighted by Gasteiger charge is 2.19. The molecule has 0 amide bonds. The molecule has 0 unspecified atom stereocenters. The Morgan fingerprint density at radius 2 is 2.19 bits per heavy atom. The standard InChI is InChI=1S/C15H16N2O4/c1-4-5-10-6-11(21-3)7-12-14(9(2)18)16-17(15(10)12)8-13(19)20/h4,6-7H,1,5,8H2,2-3H3,(H,19,20). The molecule has 1 heterocycles. The number of Topliss-reactive ketones (excluding diaryl/α,β-unsaturated/α-hetero) is 1. The molecule has 6 heteroatoms. The number of carboxylic acid groups (broad SMARTS) is 1. The summed E-state index contributed by atoms with van der Waals surface area (Å²) in [7, 11) is 1.54. The fourth-order valence-corrected chi connectivity index (χ4v) is 2.31. The van der Waals surface area contributed by atoms with Gasteiger partial charge in [0.1, 0.15) is 18.0 Å². The zero-order valence-electron chi connectivity index (χ0n) is 11.9. The number of aromatic nitrogens is 2. The van der Waals surface area contributed by atoms with Gasteiger partial charge in [0.05, 0.1) is 12.6 Å². The number of carboxylic acids is 1. The molecule has 0 spiro atoms. The van der Waals surface area contributed by atoms with Crippen LogP contribution < -0.4 is 4.74 Å². The Hall–Kier alpha value is -2.63. The second kappa shape index (κ2) is 5.78. The van der Waals surface area contributed by atoms with Gasteiger partial charge in [0.25, 0.3) is 0 Å². The normalized spacial score (nSPS) is 10.6. The van der Waals surface area contributed by atoms with Crippen molar-refractivity contribution in [1.29, 1.82) is 0 Å². The SMILES string of the molecule is C=CCc1cc(OC)cc2c(C(C)=O)nn(CC(=O)O)c12. The predicted molar refractivity (Wildman–Crippen MR) is 77.8 cm³/mol. The van der Waals surface area contributed by atoms with Gasteiger partial charge in [-0.05, 0) is 24.1 Å². The summed E-state index contributed by atoms with van der Waals surface area (Å²) < 4.78 is 6.58. The lowest BCUT2D eigenvalue weighted by Gasteiger charge is -2.07. The largest absolute Gasteiger partial charge is 0.497 e. The Kier molecular flexibility index (Phi) is 4.07. The molecule has 0 bridgehead atoms. The zero-order chi connectivity index (χ0) is 15.6. The molecule has 1 aromatic heterocycles. The van der Waals surface area contributed by atoms with Crippen molar-refractivity contribution in [3.63, 3.8) is 0 Å². The molecule has 0 fully saturated rings. The summed E-state index contributed by atoms with van der Waals surface area (Å²) in [5, 5.41) is 13.7. The van der Waals surface area contributed by atoms with Crippen LogP contribution in [0.4, 0.5) is 0 Å². The van der Waals surface area contributed by atoms with E-state index in [9.17, 15) is 9.59 Å². The van der Waals surface area contributed by atoms with Crippen LogP contribution in [0, 0.1) is 0 Å². The fourth-order valence-electron chi connectivity index (χ4n) is 2.31. The Balaban J connectivity index is 2.81. The molecule has 1 aromatic carbocycles. The third-order valence-electron chi connectivity index (χ3n) is 3.11. The van der Waals surface area contributed by atoms with E-state index >= 15 is 0 Å². The quantitative estimate of drug-likeness (QED) is 0.650. The minimum Gasteiger partial charge on any atom is -0.497 e. The highest BCUT2D eigenvalue weighted by Crippen LogP contribution is 2.29. The summed E-state index contributed by atoms with van der Waals surface area (Å²) in [6, 6.07) is 3.50. The van der Waals surface area contributed by atoms with Gasteiger partial charge in [-0.25, -0.2) is 0 Å². The van der Waals surface area contributed by atoms with E-state index in [0.717, 1.165) is 5.56 Å². The first-order valence-corrected chi connectivity index (χ1v) is 6.39. The lowest BCUT2D eigenvalue weighted by Crippen LogP contribution is -2.11. The number of rotatable bonds is 6. The zero-order valence-corrected chi connectivity index (χ0v) is 11.9. The molecule has 0 saturated heterocycles. The smallest absolute Gasteiger partial charge is 0.325 e. The maximum atomic E-state index is 11.7. The number of allylic oxidation sites excluding steroid dienone is 1. The van der Waals surface area contributed by atoms with Crippen molar-refractivity contribution in [2.24, 2.45) is 0 Å². The first kappa shape index (κ1) is 14.8. The molecule has 0 aliphatic rings. The summed E-state index contributed by atoms with van der Waals surface area (Å²) in [6.45, 7) is 4.79. The van der Waals surface area contributed by atoms with E-state index in [1.54, 1.807) is 18.2 Å². The maximum absolute atomic E-state index is 11.7. The van der Waals surface area contributed by atoms with Crippen molar-refractivity contribution in [3.05, 3.63) is 36.0 Å². The van der Waals surface area contributed by atoms with E-state index in [2.05, 4.69) is 11.7 Å². The molecule has 2 aromatic rings. The molecule has 2 rings (SSSR count). The van der Waals surface area contributed by atoms with Gasteiger partial charge in [-0.3, -0.25) is 14.3 Å². The minimum absolute atomic E-state index is 0.220. The van der Waals surface area contributed by atoms with Crippen LogP contribution in [0.2, 0.25) is 0 Å². The van der Waals surface area contributed by atoms with E-state index in [1.807, 2.05) is 0 Å². The van der Waals surface area contributed by atoms with Crippen molar-refractivity contribution < 1.29 is 19.4 Å². The van der Waals surface area contributed by atoms with Crippen molar-refractivity contribution in [1.82, 2.24) is 9.78 Å². The lowest BCUT2D eigenvalue weighted by molar-refractivity contribution is -0.137. The molecule has 21 heavy (non-hydrogen) atoms. The molecule has 110 valence electrons. The lowest BCUT2D eigenvalue weighted by atomic mass is 10.0. The Morgan fingerprint density at radius 1 is 1.48 bits per heavy atom. The summed E-state index contributed by atoms with van der Waals surface area (Å²) >= 11 is 0. The van der Waals surface area contributed by atoms with Crippen molar-refractivity contribution in [2.75, 3.05) is 7.11 Å². The van der Waals surface area contributed by atoms with Crippen LogP contribution in [-0.4, -0.2) is 33.7 Å². The van der Waals surface area contributed by atoms with Crippen LogP contribution in [0.1, 0.15) is 23.0 Å². The summed E-state index contributed by atoms with van der Waals surface area (Å²) in [5.74, 6) is -0.645. The van der Waals surface area contributed by atoms with Crippen LogP contribution in [0.15, 0.2) is 24.8 Å². The van der Waals surface area contributed by atoms with Crippen LogP contribution in [0.25, 0.3) is 10.9 Å². The van der Waals surface area contributed by atoms with Crippen LogP contribution in [0.3, 0.4) is 0 Å². The molecule has 0 aliphatic carbocycles. The summed E-state index contributed by atoms with van der Waals surface area (Å²) in [6.07, 6.45) is 2.23. The molecule has 0 radical (unpaired) electrons. The van der Waals surface area contributed by atoms with Crippen LogP contribution in [0.5, 0.6) is 5.75 Å². The summed E-state index contributed by atoms with van der Waals surface area (Å²) in [5.41, 5.74) is 1.69. The van der Waals surface area contributed by atoms with E-state index in [4.69, 9.17) is 9.84 Å². The molecule has 0 atom stereocenters. The fraction of sp³-hybridized carbons (Fsp3) is 0.267. The summed E-state index contributed by atoms with van der Waals surface area (Å²) in [4.78, 5) is 22.7. The van der Waals surface area contributed by atoms with Gasteiger partial charge in [0.15, 0.2) is 5.78 Å². The number of ketones is 1. The van der Waals surface area contributed by atoms with Crippen LogP contribution >= 0.6 is 0 Å². The Bertz CT molecular complexity index is 731. The molecule has 6 nitrogen and oxygen atoms in total. The maximum Gasteiger partial charge on any atom is 0.325 e. The topological polar surface area (TPSA) is 81.4 Å². The van der Waals surface area contributed by atoms with Gasteiger partial charge in [0, 0.05) is 12.3 Å². The van der Waals surface area contributed by atoms with Gasteiger partial charge < -0.3 is 9.84 Å². The number of fused-ring (bicyclic) bond motifs is 1. The van der Waals surface area contributed by atoms with Gasteiger partial charge >= 0.3 is 5.97 Å². The number of carbonyl (C=O) groups excluding carboxylic acids is 1. The number of hydrogen-bond acceptors (Lipinski definition) is 4. The number of nitrogens with zero attached hydrogens (tertiary/aromatic N) is 2. The first-order chi connectivity index (χ1) is 9.97. The average molecular weight is 288 g/mol. The number of aliphatic carboxylic acids is 1. The molecular formula is C15H16N2O4. The minimum atomic E-state index is -1.02.